The van der Waals surface area contributed by atoms with Crippen molar-refractivity contribution in [3.8, 4) is 0 Å². The fourth-order valence-corrected chi connectivity index (χ4v) is 13.7. The Morgan fingerprint density at radius 3 is 0.827 bits per heavy atom. The molecular formula is C89H150B10N16O11SY6-6. The van der Waals surface area contributed by atoms with Gasteiger partial charge in [-0.2, -0.15) is 47.4 Å². The van der Waals surface area contributed by atoms with Crippen molar-refractivity contribution in [1.29, 1.82) is 0 Å². The summed E-state index contributed by atoms with van der Waals surface area (Å²) in [6.07, 6.45) is 11.3. The van der Waals surface area contributed by atoms with E-state index in [2.05, 4.69) is 203 Å². The molecule has 10 fully saturated rings. The van der Waals surface area contributed by atoms with Gasteiger partial charge in [-0.05, 0) is 50.2 Å². The number of hydrogen-bond donors (Lipinski definition) is 3. The van der Waals surface area contributed by atoms with E-state index in [0.29, 0.717) is 31.2 Å². The zero-order chi connectivity index (χ0) is 96.1. The number of carbonyl (C=O) groups excluding carboxylic acids is 8. The second-order valence-electron chi connectivity index (χ2n) is 28.3. The van der Waals surface area contributed by atoms with Crippen LogP contribution in [0.2, 0.25) is 0 Å². The van der Waals surface area contributed by atoms with Gasteiger partial charge in [-0.25, -0.2) is 0 Å². The molecule has 3 N–H and O–H groups in total. The minimum atomic E-state index is -3.39. The molecule has 0 unspecified atom stereocenters. The second kappa shape index (κ2) is 105. The number of carbonyl (C=O) groups is 2. The molecule has 0 saturated carbocycles. The van der Waals surface area contributed by atoms with Crippen LogP contribution in [0.5, 0.6) is 0 Å². The van der Waals surface area contributed by atoms with E-state index in [1.807, 2.05) is 156 Å². The maximum atomic E-state index is 11.2. The van der Waals surface area contributed by atoms with Gasteiger partial charge in [0.25, 0.3) is 10.1 Å². The summed E-state index contributed by atoms with van der Waals surface area (Å²) in [5.74, 6) is 0.325. The summed E-state index contributed by atoms with van der Waals surface area (Å²) in [6, 6.07) is 44.3. The molecule has 0 aliphatic carbocycles. The van der Waals surface area contributed by atoms with Crippen molar-refractivity contribution in [2.45, 2.75) is 147 Å². The van der Waals surface area contributed by atoms with Crippen LogP contribution in [0.1, 0.15) is 145 Å². The van der Waals surface area contributed by atoms with Gasteiger partial charge in [-0.1, -0.05) is 204 Å². The molecular weight excluding hydrogens is 2140 g/mol. The van der Waals surface area contributed by atoms with E-state index in [4.69, 9.17) is 8.98 Å². The van der Waals surface area contributed by atoms with Crippen molar-refractivity contribution >= 4 is 136 Å². The van der Waals surface area contributed by atoms with Crippen LogP contribution in [0.3, 0.4) is 0 Å². The molecule has 4 aromatic carbocycles. The molecule has 4 aromatic rings. The van der Waals surface area contributed by atoms with Crippen LogP contribution in [0.15, 0.2) is 121 Å². The van der Waals surface area contributed by atoms with Crippen molar-refractivity contribution in [3.63, 3.8) is 0 Å². The fraction of sp³-hybridized carbons (Fsp3) is 0.640. The number of piperazine rings is 6. The largest absolute Gasteiger partial charge is 0.542 e. The normalized spacial score (nSPS) is 16.5. The average Bonchev–Trinajstić information content (AvgIpc) is 0.787. The summed E-state index contributed by atoms with van der Waals surface area (Å²) in [6.45, 7) is 59.7. The number of likely N-dealkylation sites (tertiary alicyclic amines) is 3. The van der Waals surface area contributed by atoms with Gasteiger partial charge in [0.1, 0.15) is 11.9 Å². The second-order valence-corrected chi connectivity index (χ2v) is 29.9. The minimum Gasteiger partial charge on any atom is -0.542 e. The summed E-state index contributed by atoms with van der Waals surface area (Å²) in [4.78, 5) is 108. The van der Waals surface area contributed by atoms with Gasteiger partial charge in [0.15, 0.2) is 0 Å². The van der Waals surface area contributed by atoms with Gasteiger partial charge in [0.2, 0.25) is 5.91 Å². The molecule has 0 atom stereocenters. The maximum absolute atomic E-state index is 11.2. The number of nitrogens with one attached hydrogen (secondary N) is 3. The SMILES string of the molecule is CC.CC.CC.CC.CC.CC.CC(=O)N1CC(N2CCN([C-]=O)CC2)C1.CC(C)=O.CN1CCN([C-]=O)CC1.CN1CCNCC1.CS(=O)(=O)OC1CN(C(c2ccccc2)c2ccccc2)C1.C[C-]=O.O=[C-]N1CCN(C2CN(C(c3ccccc3)c3ccccc3)C2)CC1.O=[C-]N1CCN(C2CNC2)CC1.O=[C-]N1CCNCC1.[B].[B]B([B])[B].[B][B].[B][B][B].[Y].[Y].[Y].[Y].[Y].[Y]. The minimum absolute atomic E-state index is 0. The van der Waals surface area contributed by atoms with Crippen molar-refractivity contribution in [2.75, 3.05) is 230 Å². The number of likely N-dealkylation sites (N-methyl/N-ethyl adjacent to an activating group) is 2. The Hall–Kier alpha value is -0.177. The molecule has 133 heavy (non-hydrogen) atoms. The third-order valence-electron chi connectivity index (χ3n) is 19.4. The summed E-state index contributed by atoms with van der Waals surface area (Å²) < 4.78 is 27.5. The number of Topliss-reactive ketones (excluding diaryl/α,β-unsaturated/α-hetero) is 1. The number of nitrogens with zero attached hydrogens (tertiary/aromatic N) is 13. The Kier molecular flexibility index (Phi) is 122. The quantitative estimate of drug-likeness (QED) is 0.0828. The maximum Gasteiger partial charge on any atom is 0.264 e. The fourth-order valence-electron chi connectivity index (χ4n) is 13.1. The first-order valence-electron chi connectivity index (χ1n) is 44.7. The Bertz CT molecular complexity index is 3270. The molecule has 44 heteroatoms. The molecule has 0 aromatic heterocycles. The molecule has 10 saturated heterocycles. The smallest absolute Gasteiger partial charge is 0.264 e. The molecule has 24 radical (unpaired) electrons. The first-order chi connectivity index (χ1) is 60.9. The van der Waals surface area contributed by atoms with E-state index < -0.39 is 16.5 Å². The Morgan fingerprint density at radius 1 is 0.398 bits per heavy atom. The first-order valence-corrected chi connectivity index (χ1v) is 46.5. The molecule has 712 valence electrons. The van der Waals surface area contributed by atoms with Crippen molar-refractivity contribution in [2.24, 2.45) is 0 Å². The van der Waals surface area contributed by atoms with E-state index in [-0.39, 0.29) is 229 Å². The van der Waals surface area contributed by atoms with Gasteiger partial charge in [0, 0.05) is 507 Å². The zero-order valence-corrected chi connectivity index (χ0v) is 102. The monoisotopic (exact) mass is 2290 g/mol. The number of amides is 6. The summed E-state index contributed by atoms with van der Waals surface area (Å²) >= 11 is 0. The molecule has 0 spiro atoms. The number of ketones is 1. The van der Waals surface area contributed by atoms with Crippen LogP contribution >= 0.6 is 0 Å². The molecule has 10 aliphatic heterocycles. The van der Waals surface area contributed by atoms with Crippen LogP contribution in [0.25, 0.3) is 0 Å². The van der Waals surface area contributed by atoms with Gasteiger partial charge in [-0.15, -0.1) is 0 Å². The first kappa shape index (κ1) is 156. The molecule has 14 rings (SSSR count). The third kappa shape index (κ3) is 74.4. The standard InChI is InChI=1S/C21H24N3O.C17H19NO3S.C10H16N3O2.C8H14N3O.C6H11N2O.C5H9N2O.C5H12N2.C3H6O.C2H3O.6C2H6.B4.B3.B2.B.6Y/c25-17-22-11-13-23(14-12-22)20-15-24(16-20)21(18-7-3-1-4-8-18)19-9-5-2-6-10-19;1-22(19,20)21-16-12-18(13-16)17(14-8-4-2-5-9-14)15-10-6-3-7-11-15;1-9(15)13-6-10(7-13)12-4-2-11(8-14)3-5-12;12-7-10-1-3-11(4-2-10)8-5-9-6-8;1-7-2-4-8(6-9)5-3-7;8-5-7-3-1-6-2-4-7;1-7-4-2-6-3-5-7;1-3(2)4;1-2-3;6*1-2;1-4(2)3;1-3-2;1-2;;;;;;;/h1-10,20-21H,11-16H2;2-11,16-17H,12-13H2,1H3;10H,2-7H2,1H3;8-9H,1-6H2;2-5H2,1H3;6H,1-4H2;6H,2-5H2,1H3;1-2H3;1H3;6*1-2H3;;;;;;;;;;/q-1;;4*-1;;;-1;;;;;;;;;;;;;;;;. The number of hydrogen-bond acceptors (Lipinski definition) is 21. The average molecular weight is 2290 g/mol. The van der Waals surface area contributed by atoms with Crippen LogP contribution in [0, 0.1) is 0 Å². The summed E-state index contributed by atoms with van der Waals surface area (Å²) in [5.41, 5.74) is 5.11. The van der Waals surface area contributed by atoms with E-state index in [0.717, 1.165) is 203 Å². The topological polar surface area (TPSA) is 258 Å². The molecule has 0 bridgehead atoms. The Labute approximate surface area is 971 Å². The van der Waals surface area contributed by atoms with Crippen LogP contribution in [0.4, 0.5) is 0 Å². The molecule has 10 heterocycles. The zero-order valence-electron chi connectivity index (χ0n) is 84.1. The number of rotatable bonds is 16. The number of benzene rings is 4. The van der Waals surface area contributed by atoms with Crippen LogP contribution < -0.4 is 16.0 Å². The Morgan fingerprint density at radius 2 is 0.617 bits per heavy atom. The van der Waals surface area contributed by atoms with Gasteiger partial charge < -0.3 is 88.7 Å². The predicted octanol–water partition coefficient (Wildman–Crippen LogP) is 2.95. The third-order valence-corrected chi connectivity index (χ3v) is 20.1. The Balaban J connectivity index is -0.000000141. The van der Waals surface area contributed by atoms with E-state index in [9.17, 15) is 42.0 Å². The van der Waals surface area contributed by atoms with E-state index >= 15 is 0 Å². The van der Waals surface area contributed by atoms with Crippen LogP contribution in [-0.2, 0) is 249 Å². The summed E-state index contributed by atoms with van der Waals surface area (Å²) in [7, 11) is 32.8. The van der Waals surface area contributed by atoms with Gasteiger partial charge in [-0.3, -0.25) is 39.8 Å². The summed E-state index contributed by atoms with van der Waals surface area (Å²) in [5, 5.41) is 9.65. The molecule has 10 aliphatic rings. The molecule has 27 nitrogen and oxygen atoms in total. The van der Waals surface area contributed by atoms with Crippen molar-refractivity contribution in [3.05, 3.63) is 144 Å². The van der Waals surface area contributed by atoms with Crippen molar-refractivity contribution in [1.82, 2.24) is 79.6 Å². The van der Waals surface area contributed by atoms with Gasteiger partial charge in [0.05, 0.1) is 18.3 Å². The van der Waals surface area contributed by atoms with E-state index in [1.165, 1.54) is 62.4 Å². The van der Waals surface area contributed by atoms with Crippen molar-refractivity contribution < 1.29 is 247 Å². The molecule has 6 amide bonds. The predicted molar refractivity (Wildman–Crippen MR) is 534 cm³/mol. The van der Waals surface area contributed by atoms with Gasteiger partial charge >= 0.3 is 0 Å². The van der Waals surface area contributed by atoms with Crippen LogP contribution in [-0.4, -0.2) is 452 Å². The van der Waals surface area contributed by atoms with E-state index in [1.54, 1.807) is 31.4 Å².